The second-order valence-corrected chi connectivity index (χ2v) is 5.68. The maximum Gasteiger partial charge on any atom is 0.239 e. The van der Waals surface area contributed by atoms with E-state index in [1.807, 2.05) is 0 Å². The maximum absolute atomic E-state index is 12.2. The molecule has 2 fully saturated rings. The third kappa shape index (κ3) is 3.42. The Morgan fingerprint density at radius 2 is 2.00 bits per heavy atom. The lowest BCUT2D eigenvalue weighted by atomic mass is 9.96. The molecule has 0 aromatic carbocycles. The van der Waals surface area contributed by atoms with Gasteiger partial charge in [-0.3, -0.25) is 4.79 Å². The summed E-state index contributed by atoms with van der Waals surface area (Å²) in [5, 5.41) is 3.30. The smallest absolute Gasteiger partial charge is 0.239 e. The molecule has 4 heteroatoms. The van der Waals surface area contributed by atoms with Gasteiger partial charge >= 0.3 is 0 Å². The van der Waals surface area contributed by atoms with Gasteiger partial charge in [-0.1, -0.05) is 0 Å². The summed E-state index contributed by atoms with van der Waals surface area (Å²) >= 11 is 0. The first-order valence-electron chi connectivity index (χ1n) is 6.83. The van der Waals surface area contributed by atoms with E-state index in [0.717, 1.165) is 57.8 Å². The number of amides is 1. The molecule has 2 heterocycles. The number of hydrogen-bond donors (Lipinski definition) is 1. The summed E-state index contributed by atoms with van der Waals surface area (Å²) in [5.74, 6) is 1.11. The van der Waals surface area contributed by atoms with Gasteiger partial charge in [-0.25, -0.2) is 0 Å². The number of likely N-dealkylation sites (tertiary alicyclic amines) is 1. The van der Waals surface area contributed by atoms with Crippen LogP contribution < -0.4 is 5.32 Å². The van der Waals surface area contributed by atoms with Crippen molar-refractivity contribution in [2.45, 2.75) is 31.7 Å². The fourth-order valence-electron chi connectivity index (χ4n) is 2.97. The molecule has 2 aliphatic rings. The Balaban J connectivity index is 1.76. The highest BCUT2D eigenvalue weighted by atomic mass is 16.2. The van der Waals surface area contributed by atoms with Crippen LogP contribution in [0.3, 0.4) is 0 Å². The molecular weight excluding hydrogens is 214 g/mol. The molecular formula is C13H25N3O. The zero-order valence-electron chi connectivity index (χ0n) is 11.1. The summed E-state index contributed by atoms with van der Waals surface area (Å²) in [4.78, 5) is 16.5. The predicted molar refractivity (Wildman–Crippen MR) is 68.9 cm³/mol. The summed E-state index contributed by atoms with van der Waals surface area (Å²) in [6.45, 7) is 4.07. The molecule has 1 atom stereocenters. The van der Waals surface area contributed by atoms with E-state index in [9.17, 15) is 4.79 Å². The van der Waals surface area contributed by atoms with Crippen molar-refractivity contribution in [2.75, 3.05) is 40.3 Å². The number of hydrogen-bond acceptors (Lipinski definition) is 3. The largest absolute Gasteiger partial charge is 0.341 e. The van der Waals surface area contributed by atoms with Gasteiger partial charge in [-0.15, -0.1) is 0 Å². The highest BCUT2D eigenvalue weighted by Crippen LogP contribution is 2.19. The minimum absolute atomic E-state index is 0.111. The molecule has 2 saturated heterocycles. The lowest BCUT2D eigenvalue weighted by Gasteiger charge is -2.34. The number of rotatable bonds is 3. The van der Waals surface area contributed by atoms with Crippen LogP contribution in [-0.2, 0) is 4.79 Å². The van der Waals surface area contributed by atoms with Crippen LogP contribution in [0.1, 0.15) is 25.7 Å². The third-order valence-corrected chi connectivity index (χ3v) is 3.91. The lowest BCUT2D eigenvalue weighted by Crippen LogP contribution is -2.47. The fourth-order valence-corrected chi connectivity index (χ4v) is 2.97. The first-order valence-corrected chi connectivity index (χ1v) is 6.83. The topological polar surface area (TPSA) is 35.6 Å². The van der Waals surface area contributed by atoms with E-state index in [-0.39, 0.29) is 6.04 Å². The fraction of sp³-hybridized carbons (Fsp3) is 0.923. The Labute approximate surface area is 104 Å². The van der Waals surface area contributed by atoms with Gasteiger partial charge in [0.05, 0.1) is 6.04 Å². The molecule has 0 aromatic heterocycles. The number of nitrogens with one attached hydrogen (secondary N) is 1. The molecule has 2 rings (SSSR count). The van der Waals surface area contributed by atoms with E-state index in [1.165, 1.54) is 0 Å². The Morgan fingerprint density at radius 1 is 1.29 bits per heavy atom. The Bertz CT molecular complexity index is 253. The summed E-state index contributed by atoms with van der Waals surface area (Å²) < 4.78 is 0. The van der Waals surface area contributed by atoms with Gasteiger partial charge in [0.1, 0.15) is 0 Å². The minimum Gasteiger partial charge on any atom is -0.341 e. The summed E-state index contributed by atoms with van der Waals surface area (Å²) in [6, 6.07) is 0.111. The molecule has 98 valence electrons. The van der Waals surface area contributed by atoms with Crippen molar-refractivity contribution in [3.63, 3.8) is 0 Å². The van der Waals surface area contributed by atoms with E-state index in [0.29, 0.717) is 5.91 Å². The average Bonchev–Trinajstić information content (AvgIpc) is 2.82. The molecule has 0 aromatic rings. The average molecular weight is 239 g/mol. The molecule has 0 saturated carbocycles. The summed E-state index contributed by atoms with van der Waals surface area (Å²) in [5.41, 5.74) is 0. The van der Waals surface area contributed by atoms with Crippen LogP contribution in [-0.4, -0.2) is 62.0 Å². The maximum atomic E-state index is 12.2. The van der Waals surface area contributed by atoms with Gasteiger partial charge in [-0.2, -0.15) is 0 Å². The Hall–Kier alpha value is -0.610. The minimum atomic E-state index is 0.111. The van der Waals surface area contributed by atoms with Crippen molar-refractivity contribution in [1.29, 1.82) is 0 Å². The van der Waals surface area contributed by atoms with Gasteiger partial charge in [-0.05, 0) is 52.2 Å². The van der Waals surface area contributed by atoms with Gasteiger partial charge in [0.25, 0.3) is 0 Å². The second-order valence-electron chi connectivity index (χ2n) is 5.68. The van der Waals surface area contributed by atoms with Crippen LogP contribution in [0.2, 0.25) is 0 Å². The zero-order chi connectivity index (χ0) is 12.3. The van der Waals surface area contributed by atoms with Gasteiger partial charge in [0, 0.05) is 19.6 Å². The molecule has 4 nitrogen and oxygen atoms in total. The SMILES string of the molecule is CN(C)CC1CCN(C(=O)[C@H]2CCCN2)CC1. The van der Waals surface area contributed by atoms with Gasteiger partial charge in [0.15, 0.2) is 0 Å². The van der Waals surface area contributed by atoms with E-state index in [1.54, 1.807) is 0 Å². The third-order valence-electron chi connectivity index (χ3n) is 3.91. The van der Waals surface area contributed by atoms with Crippen molar-refractivity contribution < 1.29 is 4.79 Å². The van der Waals surface area contributed by atoms with E-state index >= 15 is 0 Å². The quantitative estimate of drug-likeness (QED) is 0.781. The molecule has 1 N–H and O–H groups in total. The highest BCUT2D eigenvalue weighted by molar-refractivity contribution is 5.82. The lowest BCUT2D eigenvalue weighted by molar-refractivity contribution is -0.134. The van der Waals surface area contributed by atoms with Crippen molar-refractivity contribution in [2.24, 2.45) is 5.92 Å². The van der Waals surface area contributed by atoms with Crippen LogP contribution in [0.5, 0.6) is 0 Å². The number of carbonyl (C=O) groups excluding carboxylic acids is 1. The van der Waals surface area contributed by atoms with Crippen molar-refractivity contribution >= 4 is 5.91 Å². The zero-order valence-corrected chi connectivity index (χ0v) is 11.1. The van der Waals surface area contributed by atoms with Crippen LogP contribution in [0.15, 0.2) is 0 Å². The van der Waals surface area contributed by atoms with Crippen LogP contribution in [0, 0.1) is 5.92 Å². The van der Waals surface area contributed by atoms with Crippen LogP contribution in [0.25, 0.3) is 0 Å². The second kappa shape index (κ2) is 5.83. The van der Waals surface area contributed by atoms with E-state index < -0.39 is 0 Å². The van der Waals surface area contributed by atoms with Crippen molar-refractivity contribution in [3.8, 4) is 0 Å². The molecule has 0 unspecified atom stereocenters. The monoisotopic (exact) mass is 239 g/mol. The van der Waals surface area contributed by atoms with Gasteiger partial charge < -0.3 is 15.1 Å². The number of carbonyl (C=O) groups is 1. The Kier molecular flexibility index (Phi) is 4.40. The first-order chi connectivity index (χ1) is 8.16. The summed E-state index contributed by atoms with van der Waals surface area (Å²) in [6.07, 6.45) is 4.50. The van der Waals surface area contributed by atoms with Crippen molar-refractivity contribution in [1.82, 2.24) is 15.1 Å². The molecule has 0 radical (unpaired) electrons. The molecule has 2 aliphatic heterocycles. The normalized spacial score (nSPS) is 26.8. The number of nitrogens with zero attached hydrogens (tertiary/aromatic N) is 2. The standard InChI is InChI=1S/C13H25N3O/c1-15(2)10-11-5-8-16(9-6-11)13(17)12-4-3-7-14-12/h11-12,14H,3-10H2,1-2H3/t12-/m1/s1. The molecule has 0 bridgehead atoms. The van der Waals surface area contributed by atoms with Gasteiger partial charge in [0.2, 0.25) is 5.91 Å². The molecule has 1 amide bonds. The van der Waals surface area contributed by atoms with E-state index in [4.69, 9.17) is 0 Å². The summed E-state index contributed by atoms with van der Waals surface area (Å²) in [7, 11) is 4.25. The highest BCUT2D eigenvalue weighted by Gasteiger charge is 2.29. The van der Waals surface area contributed by atoms with E-state index in [2.05, 4.69) is 29.2 Å². The molecule has 0 aliphatic carbocycles. The van der Waals surface area contributed by atoms with Crippen molar-refractivity contribution in [3.05, 3.63) is 0 Å². The molecule has 0 spiro atoms. The van der Waals surface area contributed by atoms with Crippen LogP contribution >= 0.6 is 0 Å². The van der Waals surface area contributed by atoms with Crippen LogP contribution in [0.4, 0.5) is 0 Å². The Morgan fingerprint density at radius 3 is 2.53 bits per heavy atom. The number of piperidine rings is 1. The first kappa shape index (κ1) is 12.8. The predicted octanol–water partition coefficient (Wildman–Crippen LogP) is 0.539. The molecule has 17 heavy (non-hydrogen) atoms.